The van der Waals surface area contributed by atoms with Crippen molar-refractivity contribution in [2.24, 2.45) is 0 Å². The average Bonchev–Trinajstić information content (AvgIpc) is 2.95. The van der Waals surface area contributed by atoms with Crippen LogP contribution < -0.4 is 14.8 Å². The second-order valence-corrected chi connectivity index (χ2v) is 5.84. The number of carbonyl (C=O) groups is 2. The van der Waals surface area contributed by atoms with E-state index in [9.17, 15) is 9.59 Å². The van der Waals surface area contributed by atoms with Gasteiger partial charge in [-0.1, -0.05) is 55.1 Å². The largest absolute Gasteiger partial charge is 0.493 e. The highest BCUT2D eigenvalue weighted by Crippen LogP contribution is 2.33. The van der Waals surface area contributed by atoms with E-state index in [1.54, 1.807) is 30.4 Å². The molecule has 0 spiro atoms. The zero-order chi connectivity index (χ0) is 19.2. The van der Waals surface area contributed by atoms with Crippen molar-refractivity contribution in [3.63, 3.8) is 0 Å². The van der Waals surface area contributed by atoms with Crippen LogP contribution in [0.2, 0.25) is 0 Å². The van der Waals surface area contributed by atoms with Crippen LogP contribution in [0.4, 0.5) is 4.79 Å². The maximum Gasteiger partial charge on any atom is 0.329 e. The fourth-order valence-corrected chi connectivity index (χ4v) is 2.74. The average molecular weight is 364 g/mol. The molecule has 1 N–H and O–H groups in total. The van der Waals surface area contributed by atoms with Crippen molar-refractivity contribution in [3.8, 4) is 11.5 Å². The second kappa shape index (κ2) is 8.23. The molecule has 0 atom stereocenters. The van der Waals surface area contributed by atoms with E-state index in [2.05, 4.69) is 11.9 Å². The van der Waals surface area contributed by atoms with Gasteiger partial charge in [0.1, 0.15) is 12.3 Å². The number of para-hydroxylation sites is 1. The Morgan fingerprint density at radius 3 is 2.59 bits per heavy atom. The van der Waals surface area contributed by atoms with Gasteiger partial charge in [0.2, 0.25) is 0 Å². The Morgan fingerprint density at radius 2 is 1.89 bits per heavy atom. The molecule has 27 heavy (non-hydrogen) atoms. The fraction of sp³-hybridized carbons (Fsp3) is 0.143. The number of methoxy groups -OCH3 is 1. The topological polar surface area (TPSA) is 67.9 Å². The molecule has 3 amide bonds. The molecule has 0 bridgehead atoms. The molecule has 0 radical (unpaired) electrons. The number of hydrogen-bond acceptors (Lipinski definition) is 4. The number of nitrogens with one attached hydrogen (secondary N) is 1. The maximum atomic E-state index is 12.7. The highest BCUT2D eigenvalue weighted by Gasteiger charge is 2.33. The second-order valence-electron chi connectivity index (χ2n) is 5.84. The fourth-order valence-electron chi connectivity index (χ4n) is 2.74. The molecule has 1 saturated heterocycles. The number of benzene rings is 2. The molecule has 0 unspecified atom stereocenters. The van der Waals surface area contributed by atoms with Crippen molar-refractivity contribution >= 4 is 18.0 Å². The molecule has 1 heterocycles. The predicted molar refractivity (Wildman–Crippen MR) is 102 cm³/mol. The van der Waals surface area contributed by atoms with Crippen molar-refractivity contribution in [1.82, 2.24) is 10.2 Å². The minimum atomic E-state index is -0.452. The molecule has 3 rings (SSSR count). The molecule has 0 saturated carbocycles. The van der Waals surface area contributed by atoms with Gasteiger partial charge in [-0.2, -0.15) is 0 Å². The number of nitrogens with zero attached hydrogens (tertiary/aromatic N) is 1. The lowest BCUT2D eigenvalue weighted by molar-refractivity contribution is -0.123. The summed E-state index contributed by atoms with van der Waals surface area (Å²) in [6.45, 7) is 4.13. The van der Waals surface area contributed by atoms with Gasteiger partial charge in [0.05, 0.1) is 13.7 Å². The Morgan fingerprint density at radius 1 is 1.11 bits per heavy atom. The summed E-state index contributed by atoms with van der Waals surface area (Å²) in [4.78, 5) is 26.1. The Labute approximate surface area is 157 Å². The number of imide groups is 1. The lowest BCUT2D eigenvalue weighted by Crippen LogP contribution is -2.30. The lowest BCUT2D eigenvalue weighted by atomic mass is 10.1. The summed E-state index contributed by atoms with van der Waals surface area (Å²) in [5.74, 6) is 0.626. The van der Waals surface area contributed by atoms with E-state index in [0.29, 0.717) is 17.1 Å². The van der Waals surface area contributed by atoms with Crippen molar-refractivity contribution in [1.29, 1.82) is 0 Å². The zero-order valence-electron chi connectivity index (χ0n) is 15.0. The minimum Gasteiger partial charge on any atom is -0.493 e. The molecule has 1 aliphatic heterocycles. The van der Waals surface area contributed by atoms with Crippen molar-refractivity contribution in [2.45, 2.75) is 6.54 Å². The molecule has 138 valence electrons. The van der Waals surface area contributed by atoms with Gasteiger partial charge >= 0.3 is 6.03 Å². The summed E-state index contributed by atoms with van der Waals surface area (Å²) < 4.78 is 11.0. The Bertz CT molecular complexity index is 890. The molecule has 1 aliphatic rings. The van der Waals surface area contributed by atoms with E-state index in [-0.39, 0.29) is 24.8 Å². The predicted octanol–water partition coefficient (Wildman–Crippen LogP) is 3.35. The van der Waals surface area contributed by atoms with Crippen LogP contribution in [-0.4, -0.2) is 30.6 Å². The normalized spacial score (nSPS) is 15.0. The van der Waals surface area contributed by atoms with E-state index in [1.165, 1.54) is 12.0 Å². The zero-order valence-corrected chi connectivity index (χ0v) is 15.0. The van der Waals surface area contributed by atoms with Crippen molar-refractivity contribution < 1.29 is 19.1 Å². The van der Waals surface area contributed by atoms with Crippen LogP contribution in [0.5, 0.6) is 11.5 Å². The van der Waals surface area contributed by atoms with Gasteiger partial charge in [0.25, 0.3) is 5.91 Å². The third-order valence-corrected chi connectivity index (χ3v) is 4.02. The monoisotopic (exact) mass is 364 g/mol. The SMILES string of the molecule is C=CCOc1c(/C=C2\NC(=O)N(Cc3ccccc3)C2=O)cccc1OC. The Hall–Kier alpha value is -3.54. The number of amides is 3. The first-order valence-corrected chi connectivity index (χ1v) is 8.43. The Kier molecular flexibility index (Phi) is 5.56. The van der Waals surface area contributed by atoms with Gasteiger partial charge < -0.3 is 14.8 Å². The maximum absolute atomic E-state index is 12.7. The van der Waals surface area contributed by atoms with Crippen LogP contribution in [0.25, 0.3) is 6.08 Å². The van der Waals surface area contributed by atoms with Gasteiger partial charge in [-0.3, -0.25) is 9.69 Å². The van der Waals surface area contributed by atoms with E-state index in [4.69, 9.17) is 9.47 Å². The summed E-state index contributed by atoms with van der Waals surface area (Å²) >= 11 is 0. The molecular weight excluding hydrogens is 344 g/mol. The highest BCUT2D eigenvalue weighted by atomic mass is 16.5. The van der Waals surface area contributed by atoms with Gasteiger partial charge in [-0.15, -0.1) is 0 Å². The van der Waals surface area contributed by atoms with Gasteiger partial charge in [-0.05, 0) is 17.7 Å². The van der Waals surface area contributed by atoms with Gasteiger partial charge in [-0.25, -0.2) is 4.79 Å². The number of rotatable bonds is 7. The quantitative estimate of drug-likeness (QED) is 0.465. The summed E-state index contributed by atoms with van der Waals surface area (Å²) in [6.07, 6.45) is 3.21. The molecule has 2 aromatic carbocycles. The van der Waals surface area contributed by atoms with Crippen LogP contribution in [0.15, 0.2) is 66.9 Å². The Balaban J connectivity index is 1.88. The molecule has 6 nitrogen and oxygen atoms in total. The smallest absolute Gasteiger partial charge is 0.329 e. The molecule has 0 aliphatic carbocycles. The first-order valence-electron chi connectivity index (χ1n) is 8.43. The van der Waals surface area contributed by atoms with Gasteiger partial charge in [0.15, 0.2) is 11.5 Å². The number of urea groups is 1. The third kappa shape index (κ3) is 4.00. The summed E-state index contributed by atoms with van der Waals surface area (Å²) in [5.41, 5.74) is 1.69. The highest BCUT2D eigenvalue weighted by molar-refractivity contribution is 6.14. The van der Waals surface area contributed by atoms with Crippen molar-refractivity contribution in [3.05, 3.63) is 78.0 Å². The third-order valence-electron chi connectivity index (χ3n) is 4.02. The number of ether oxygens (including phenoxy) is 2. The van der Waals surface area contributed by atoms with Gasteiger partial charge in [0, 0.05) is 5.56 Å². The van der Waals surface area contributed by atoms with E-state index >= 15 is 0 Å². The van der Waals surface area contributed by atoms with E-state index in [1.807, 2.05) is 30.3 Å². The molecule has 1 fully saturated rings. The summed E-state index contributed by atoms with van der Waals surface area (Å²) in [6, 6.07) is 14.2. The molecule has 0 aromatic heterocycles. The standard InChI is InChI=1S/C21H20N2O4/c1-3-12-27-19-16(10-7-11-18(19)26-2)13-17-20(24)23(21(25)22-17)14-15-8-5-4-6-9-15/h3-11,13H,1,12,14H2,2H3,(H,22,25)/b17-13-. The van der Waals surface area contributed by atoms with Crippen LogP contribution in [-0.2, 0) is 11.3 Å². The van der Waals surface area contributed by atoms with E-state index < -0.39 is 6.03 Å². The minimum absolute atomic E-state index is 0.188. The van der Waals surface area contributed by atoms with Crippen LogP contribution in [0.1, 0.15) is 11.1 Å². The molecule has 6 heteroatoms. The molecular formula is C21H20N2O4. The van der Waals surface area contributed by atoms with Crippen LogP contribution >= 0.6 is 0 Å². The van der Waals surface area contributed by atoms with Crippen LogP contribution in [0, 0.1) is 0 Å². The van der Waals surface area contributed by atoms with Crippen molar-refractivity contribution in [2.75, 3.05) is 13.7 Å². The number of carbonyl (C=O) groups excluding carboxylic acids is 2. The van der Waals surface area contributed by atoms with Crippen LogP contribution in [0.3, 0.4) is 0 Å². The first-order chi connectivity index (χ1) is 13.1. The number of hydrogen-bond donors (Lipinski definition) is 1. The first kappa shape index (κ1) is 18.3. The lowest BCUT2D eigenvalue weighted by Gasteiger charge is -2.12. The molecule has 2 aromatic rings. The summed E-state index contributed by atoms with van der Waals surface area (Å²) in [5, 5.41) is 2.63. The summed E-state index contributed by atoms with van der Waals surface area (Å²) in [7, 11) is 1.54. The van der Waals surface area contributed by atoms with E-state index in [0.717, 1.165) is 5.56 Å².